The molecular formula is C19H28N2O2. The number of rotatable bonds is 5. The van der Waals surface area contributed by atoms with Gasteiger partial charge in [0.1, 0.15) is 0 Å². The van der Waals surface area contributed by atoms with E-state index in [1.54, 1.807) is 0 Å². The molecule has 1 heterocycles. The van der Waals surface area contributed by atoms with Crippen LogP contribution >= 0.6 is 0 Å². The molecule has 1 aliphatic heterocycles. The van der Waals surface area contributed by atoms with E-state index in [1.165, 1.54) is 36.8 Å². The summed E-state index contributed by atoms with van der Waals surface area (Å²) in [5.41, 5.74) is 8.18. The minimum atomic E-state index is -0.231. The van der Waals surface area contributed by atoms with Crippen LogP contribution in [-0.4, -0.2) is 36.1 Å². The third-order valence-electron chi connectivity index (χ3n) is 5.42. The van der Waals surface area contributed by atoms with Gasteiger partial charge < -0.3 is 10.5 Å². The Kier molecular flexibility index (Phi) is 5.34. The van der Waals surface area contributed by atoms with E-state index >= 15 is 0 Å². The van der Waals surface area contributed by atoms with Crippen LogP contribution in [-0.2, 0) is 22.5 Å². The second kappa shape index (κ2) is 7.45. The highest BCUT2D eigenvalue weighted by Crippen LogP contribution is 2.27. The fourth-order valence-corrected chi connectivity index (χ4v) is 3.94. The summed E-state index contributed by atoms with van der Waals surface area (Å²) >= 11 is 0. The van der Waals surface area contributed by atoms with Gasteiger partial charge in [-0.25, -0.2) is 0 Å². The molecule has 1 fully saturated rings. The number of hydrogen-bond acceptors (Lipinski definition) is 3. The summed E-state index contributed by atoms with van der Waals surface area (Å²) in [6, 6.07) is 8.12. The molecule has 0 unspecified atom stereocenters. The molecule has 1 saturated carbocycles. The molecule has 1 amide bonds. The Morgan fingerprint density at radius 2 is 2.00 bits per heavy atom. The highest BCUT2D eigenvalue weighted by atomic mass is 16.5. The van der Waals surface area contributed by atoms with Crippen LogP contribution in [0.2, 0.25) is 0 Å². The summed E-state index contributed by atoms with van der Waals surface area (Å²) in [4.78, 5) is 14.0. The molecule has 0 radical (unpaired) electrons. The van der Waals surface area contributed by atoms with Gasteiger partial charge in [-0.2, -0.15) is 0 Å². The molecule has 0 bridgehead atoms. The van der Waals surface area contributed by atoms with Gasteiger partial charge >= 0.3 is 0 Å². The lowest BCUT2D eigenvalue weighted by Crippen LogP contribution is -2.49. The molecule has 4 nitrogen and oxygen atoms in total. The normalized spacial score (nSPS) is 28.3. The van der Waals surface area contributed by atoms with E-state index in [0.717, 1.165) is 13.1 Å². The lowest BCUT2D eigenvalue weighted by Gasteiger charge is -2.36. The summed E-state index contributed by atoms with van der Waals surface area (Å²) in [7, 11) is 0. The van der Waals surface area contributed by atoms with Gasteiger partial charge in [0.2, 0.25) is 5.91 Å². The van der Waals surface area contributed by atoms with Gasteiger partial charge in [0.05, 0.1) is 18.8 Å². The minimum Gasteiger partial charge on any atom is -0.377 e. The average molecular weight is 316 g/mol. The molecule has 3 rings (SSSR count). The highest BCUT2D eigenvalue weighted by Gasteiger charge is 2.30. The maximum atomic E-state index is 11.8. The third kappa shape index (κ3) is 3.93. The topological polar surface area (TPSA) is 55.6 Å². The number of carbonyl (C=O) groups is 1. The van der Waals surface area contributed by atoms with Crippen molar-refractivity contribution in [2.45, 2.75) is 57.7 Å². The Morgan fingerprint density at radius 1 is 1.26 bits per heavy atom. The van der Waals surface area contributed by atoms with E-state index in [-0.39, 0.29) is 11.9 Å². The molecule has 2 aliphatic rings. The molecule has 0 aromatic heterocycles. The van der Waals surface area contributed by atoms with E-state index in [4.69, 9.17) is 10.5 Å². The Bertz CT molecular complexity index is 546. The number of nitrogens with zero attached hydrogens (tertiary/aromatic N) is 1. The predicted molar refractivity (Wildman–Crippen MR) is 90.9 cm³/mol. The highest BCUT2D eigenvalue weighted by molar-refractivity contribution is 5.80. The quantitative estimate of drug-likeness (QED) is 0.908. The van der Waals surface area contributed by atoms with Crippen molar-refractivity contribution in [2.75, 3.05) is 13.2 Å². The van der Waals surface area contributed by atoms with Crippen LogP contribution < -0.4 is 5.73 Å². The first kappa shape index (κ1) is 16.5. The van der Waals surface area contributed by atoms with Crippen molar-refractivity contribution >= 4 is 5.91 Å². The minimum absolute atomic E-state index is 0.211. The zero-order valence-corrected chi connectivity index (χ0v) is 14.0. The maximum absolute atomic E-state index is 11.8. The van der Waals surface area contributed by atoms with Crippen LogP contribution in [0, 0.1) is 5.92 Å². The number of hydrogen-bond donors (Lipinski definition) is 1. The number of fused-ring (bicyclic) bond motifs is 1. The van der Waals surface area contributed by atoms with Crippen LogP contribution in [0.25, 0.3) is 0 Å². The summed E-state index contributed by atoms with van der Waals surface area (Å²) in [6.07, 6.45) is 6.14. The molecular weight excluding hydrogens is 288 g/mol. The number of nitrogens with two attached hydrogens (primary N) is 1. The number of carbonyl (C=O) groups excluding carboxylic acids is 1. The van der Waals surface area contributed by atoms with Crippen molar-refractivity contribution in [3.05, 3.63) is 35.4 Å². The Hall–Kier alpha value is -1.39. The molecule has 0 spiro atoms. The molecule has 1 aromatic carbocycles. The van der Waals surface area contributed by atoms with E-state index in [1.807, 2.05) is 6.07 Å². The van der Waals surface area contributed by atoms with Crippen molar-refractivity contribution in [1.29, 1.82) is 0 Å². The lowest BCUT2D eigenvalue weighted by molar-refractivity contribution is -0.124. The van der Waals surface area contributed by atoms with Crippen molar-refractivity contribution in [1.82, 2.24) is 4.90 Å². The molecule has 126 valence electrons. The first-order valence-corrected chi connectivity index (χ1v) is 8.87. The molecule has 4 heteroatoms. The van der Waals surface area contributed by atoms with E-state index in [0.29, 0.717) is 25.0 Å². The molecule has 23 heavy (non-hydrogen) atoms. The lowest BCUT2D eigenvalue weighted by atomic mass is 9.88. The van der Waals surface area contributed by atoms with Crippen LogP contribution in [0.5, 0.6) is 0 Å². The summed E-state index contributed by atoms with van der Waals surface area (Å²) in [6.45, 7) is 4.52. The zero-order chi connectivity index (χ0) is 16.2. The van der Waals surface area contributed by atoms with Gasteiger partial charge in [0.25, 0.3) is 0 Å². The van der Waals surface area contributed by atoms with E-state index in [2.05, 4.69) is 30.0 Å². The Morgan fingerprint density at radius 3 is 2.74 bits per heavy atom. The van der Waals surface area contributed by atoms with Crippen LogP contribution in [0.3, 0.4) is 0 Å². The van der Waals surface area contributed by atoms with Gasteiger partial charge in [-0.1, -0.05) is 44.0 Å². The number of amides is 1. The molecule has 3 atom stereocenters. The van der Waals surface area contributed by atoms with Gasteiger partial charge in [0.15, 0.2) is 0 Å². The van der Waals surface area contributed by atoms with Gasteiger partial charge in [-0.15, -0.1) is 0 Å². The molecule has 1 aliphatic carbocycles. The fourth-order valence-electron chi connectivity index (χ4n) is 3.94. The van der Waals surface area contributed by atoms with Crippen molar-refractivity contribution < 1.29 is 9.53 Å². The Balaban J connectivity index is 1.58. The second-order valence-corrected chi connectivity index (χ2v) is 7.03. The van der Waals surface area contributed by atoms with Crippen LogP contribution in [0.4, 0.5) is 0 Å². The standard InChI is InChI=1S/C19H28N2O2/c1-14-6-2-5-9-18(14)23-11-10-21-13-16-8-4-3-7-15(16)12-17(21)19(20)22/h3-4,7-8,14,17-18H,2,5-6,9-13H2,1H3,(H2,20,22)/t14-,17-,18-/m0/s1. The van der Waals surface area contributed by atoms with E-state index in [9.17, 15) is 4.79 Å². The van der Waals surface area contributed by atoms with E-state index < -0.39 is 0 Å². The molecule has 2 N–H and O–H groups in total. The second-order valence-electron chi connectivity index (χ2n) is 7.03. The summed E-state index contributed by atoms with van der Waals surface area (Å²) in [5.74, 6) is 0.420. The van der Waals surface area contributed by atoms with Crippen LogP contribution in [0.1, 0.15) is 43.7 Å². The summed E-state index contributed by atoms with van der Waals surface area (Å²) in [5, 5.41) is 0. The number of primary amides is 1. The van der Waals surface area contributed by atoms with Gasteiger partial charge in [-0.05, 0) is 36.3 Å². The number of ether oxygens (including phenoxy) is 1. The first-order chi connectivity index (χ1) is 11.1. The molecule has 1 aromatic rings. The maximum Gasteiger partial charge on any atom is 0.235 e. The predicted octanol–water partition coefficient (Wildman–Crippen LogP) is 2.49. The molecule has 0 saturated heterocycles. The SMILES string of the molecule is C[C@H]1CCCC[C@@H]1OCCN1Cc2ccccc2C[C@H]1C(N)=O. The summed E-state index contributed by atoms with van der Waals surface area (Å²) < 4.78 is 6.12. The largest absolute Gasteiger partial charge is 0.377 e. The zero-order valence-electron chi connectivity index (χ0n) is 14.0. The number of benzene rings is 1. The average Bonchev–Trinajstić information content (AvgIpc) is 2.56. The van der Waals surface area contributed by atoms with Gasteiger partial charge in [0, 0.05) is 13.1 Å². The monoisotopic (exact) mass is 316 g/mol. The van der Waals surface area contributed by atoms with Crippen molar-refractivity contribution in [3.8, 4) is 0 Å². The third-order valence-corrected chi connectivity index (χ3v) is 5.42. The first-order valence-electron chi connectivity index (χ1n) is 8.87. The smallest absolute Gasteiger partial charge is 0.235 e. The van der Waals surface area contributed by atoms with Crippen molar-refractivity contribution in [2.24, 2.45) is 11.7 Å². The van der Waals surface area contributed by atoms with Gasteiger partial charge in [-0.3, -0.25) is 9.69 Å². The Labute approximate surface area is 139 Å². The van der Waals surface area contributed by atoms with Crippen LogP contribution in [0.15, 0.2) is 24.3 Å². The fraction of sp³-hybridized carbons (Fsp3) is 0.632. The van der Waals surface area contributed by atoms with Crippen molar-refractivity contribution in [3.63, 3.8) is 0 Å².